The molecule has 5 heteroatoms. The van der Waals surface area contributed by atoms with Gasteiger partial charge in [0.25, 0.3) is 0 Å². The highest BCUT2D eigenvalue weighted by Gasteiger charge is 2.24. The summed E-state index contributed by atoms with van der Waals surface area (Å²) in [6, 6.07) is 0. The number of carbonyl (C=O) groups excluding carboxylic acids is 1. The molecule has 0 aliphatic carbocycles. The lowest BCUT2D eigenvalue weighted by atomic mass is 9.88. The summed E-state index contributed by atoms with van der Waals surface area (Å²) in [7, 11) is 0. The number of rotatable bonds is 7. The van der Waals surface area contributed by atoms with E-state index < -0.39 is 5.41 Å². The van der Waals surface area contributed by atoms with E-state index >= 15 is 0 Å². The highest BCUT2D eigenvalue weighted by atomic mass is 16.5. The summed E-state index contributed by atoms with van der Waals surface area (Å²) >= 11 is 0. The van der Waals surface area contributed by atoms with E-state index in [-0.39, 0.29) is 25.8 Å². The lowest BCUT2D eigenvalue weighted by Crippen LogP contribution is -2.32. The lowest BCUT2D eigenvalue weighted by molar-refractivity contribution is -0.141. The van der Waals surface area contributed by atoms with Crippen molar-refractivity contribution in [2.24, 2.45) is 5.41 Å². The molecule has 0 aromatic heterocycles. The van der Waals surface area contributed by atoms with Crippen molar-refractivity contribution in [1.29, 1.82) is 0 Å². The third-order valence-electron chi connectivity index (χ3n) is 2.56. The first-order valence-corrected chi connectivity index (χ1v) is 5.97. The fourth-order valence-corrected chi connectivity index (χ4v) is 0.846. The van der Waals surface area contributed by atoms with Crippen molar-refractivity contribution >= 4 is 5.97 Å². The van der Waals surface area contributed by atoms with Crippen LogP contribution in [-0.2, 0) is 9.53 Å². The van der Waals surface area contributed by atoms with Crippen molar-refractivity contribution < 1.29 is 24.9 Å². The Bertz CT molecular complexity index is 160. The molecule has 0 radical (unpaired) electrons. The minimum atomic E-state index is -0.667. The Hall–Kier alpha value is -0.650. The molecule has 0 aliphatic rings. The van der Waals surface area contributed by atoms with Crippen LogP contribution in [0.3, 0.4) is 0 Å². The average Bonchev–Trinajstić information content (AvgIpc) is 2.34. The molecule has 5 nitrogen and oxygen atoms in total. The van der Waals surface area contributed by atoms with Crippen molar-refractivity contribution in [3.05, 3.63) is 0 Å². The van der Waals surface area contributed by atoms with E-state index in [1.165, 1.54) is 6.92 Å². The summed E-state index contributed by atoms with van der Waals surface area (Å²) in [5, 5.41) is 26.0. The monoisotopic (exact) mass is 250 g/mol. The standard InChI is InChI=1S/C6H14O3.C6H12O2/c1-2-6(3-7,4-8)5-9;1-3-4-5-8-6(2)7/h7-9H,2-5H2,1H3;3-5H2,1-2H3. The molecule has 17 heavy (non-hydrogen) atoms. The molecule has 0 heterocycles. The maximum absolute atomic E-state index is 10.1. The van der Waals surface area contributed by atoms with Gasteiger partial charge in [0.1, 0.15) is 0 Å². The smallest absolute Gasteiger partial charge is 0.302 e. The van der Waals surface area contributed by atoms with Gasteiger partial charge < -0.3 is 20.1 Å². The van der Waals surface area contributed by atoms with Crippen LogP contribution < -0.4 is 0 Å². The van der Waals surface area contributed by atoms with Crippen molar-refractivity contribution in [2.45, 2.75) is 40.0 Å². The topological polar surface area (TPSA) is 87.0 Å². The third kappa shape index (κ3) is 10.2. The molecule has 0 amide bonds. The molecular weight excluding hydrogens is 224 g/mol. The number of aliphatic hydroxyl groups is 3. The Kier molecular flexibility index (Phi) is 13.0. The Morgan fingerprint density at radius 2 is 1.59 bits per heavy atom. The Labute approximate surface area is 103 Å². The summed E-state index contributed by atoms with van der Waals surface area (Å²) in [5.41, 5.74) is -0.667. The molecule has 104 valence electrons. The molecule has 0 atom stereocenters. The van der Waals surface area contributed by atoms with Crippen molar-refractivity contribution in [3.8, 4) is 0 Å². The van der Waals surface area contributed by atoms with Gasteiger partial charge in [0.05, 0.1) is 26.4 Å². The Morgan fingerprint density at radius 1 is 1.12 bits per heavy atom. The van der Waals surface area contributed by atoms with Gasteiger partial charge in [-0.25, -0.2) is 0 Å². The van der Waals surface area contributed by atoms with Crippen LogP contribution in [0.1, 0.15) is 40.0 Å². The minimum Gasteiger partial charge on any atom is -0.466 e. The second kappa shape index (κ2) is 11.8. The zero-order chi connectivity index (χ0) is 13.7. The molecule has 0 unspecified atom stereocenters. The fraction of sp³-hybridized carbons (Fsp3) is 0.917. The second-order valence-corrected chi connectivity index (χ2v) is 4.02. The molecule has 0 fully saturated rings. The number of aliphatic hydroxyl groups excluding tert-OH is 3. The van der Waals surface area contributed by atoms with Gasteiger partial charge >= 0.3 is 5.97 Å². The Morgan fingerprint density at radius 3 is 1.76 bits per heavy atom. The number of esters is 1. The average molecular weight is 250 g/mol. The fourth-order valence-electron chi connectivity index (χ4n) is 0.846. The number of hydrogen-bond donors (Lipinski definition) is 3. The molecule has 3 N–H and O–H groups in total. The van der Waals surface area contributed by atoms with E-state index in [1.807, 2.05) is 6.92 Å². The van der Waals surface area contributed by atoms with E-state index in [0.717, 1.165) is 12.8 Å². The van der Waals surface area contributed by atoms with Crippen LogP contribution in [0.2, 0.25) is 0 Å². The highest BCUT2D eigenvalue weighted by molar-refractivity contribution is 5.65. The van der Waals surface area contributed by atoms with Crippen molar-refractivity contribution in [1.82, 2.24) is 0 Å². The first kappa shape index (κ1) is 18.7. The molecule has 0 aromatic rings. The number of ether oxygens (including phenoxy) is 1. The lowest BCUT2D eigenvalue weighted by Gasteiger charge is -2.24. The maximum atomic E-state index is 10.1. The summed E-state index contributed by atoms with van der Waals surface area (Å²) in [5.74, 6) is -0.182. The SMILES string of the molecule is CCC(CO)(CO)CO.CCCCOC(C)=O. The number of unbranched alkanes of at least 4 members (excludes halogenated alkanes) is 1. The predicted octanol–water partition coefficient (Wildman–Crippen LogP) is 0.709. The predicted molar refractivity (Wildman–Crippen MR) is 65.5 cm³/mol. The largest absolute Gasteiger partial charge is 0.466 e. The van der Waals surface area contributed by atoms with Crippen LogP contribution >= 0.6 is 0 Å². The zero-order valence-electron chi connectivity index (χ0n) is 11.1. The molecule has 0 aliphatic heterocycles. The van der Waals surface area contributed by atoms with Gasteiger partial charge in [-0.1, -0.05) is 20.3 Å². The molecular formula is C12H26O5. The van der Waals surface area contributed by atoms with Crippen LogP contribution in [0, 0.1) is 5.41 Å². The van der Waals surface area contributed by atoms with Gasteiger partial charge in [-0.05, 0) is 12.8 Å². The maximum Gasteiger partial charge on any atom is 0.302 e. The van der Waals surface area contributed by atoms with Gasteiger partial charge in [0.2, 0.25) is 0 Å². The zero-order valence-corrected chi connectivity index (χ0v) is 11.1. The normalized spacial score (nSPS) is 10.5. The van der Waals surface area contributed by atoms with Crippen molar-refractivity contribution in [2.75, 3.05) is 26.4 Å². The second-order valence-electron chi connectivity index (χ2n) is 4.02. The van der Waals surface area contributed by atoms with Crippen LogP contribution in [0.15, 0.2) is 0 Å². The summed E-state index contributed by atoms with van der Waals surface area (Å²) in [4.78, 5) is 10.1. The molecule has 0 aromatic carbocycles. The molecule has 0 saturated carbocycles. The van der Waals surface area contributed by atoms with Crippen LogP contribution in [-0.4, -0.2) is 47.7 Å². The van der Waals surface area contributed by atoms with E-state index in [2.05, 4.69) is 11.7 Å². The van der Waals surface area contributed by atoms with Crippen LogP contribution in [0.4, 0.5) is 0 Å². The van der Waals surface area contributed by atoms with Gasteiger partial charge in [-0.3, -0.25) is 4.79 Å². The summed E-state index contributed by atoms with van der Waals surface area (Å²) in [6.07, 6.45) is 2.64. The summed E-state index contributed by atoms with van der Waals surface area (Å²) < 4.78 is 4.64. The molecule has 0 spiro atoms. The van der Waals surface area contributed by atoms with E-state index in [1.54, 1.807) is 0 Å². The first-order chi connectivity index (χ1) is 8.01. The molecule has 0 saturated heterocycles. The van der Waals surface area contributed by atoms with Crippen molar-refractivity contribution in [3.63, 3.8) is 0 Å². The number of carbonyl (C=O) groups is 1. The Balaban J connectivity index is 0. The molecule has 0 bridgehead atoms. The van der Waals surface area contributed by atoms with E-state index in [0.29, 0.717) is 13.0 Å². The first-order valence-electron chi connectivity index (χ1n) is 5.97. The summed E-state index contributed by atoms with van der Waals surface area (Å²) in [6.45, 7) is 5.41. The van der Waals surface area contributed by atoms with E-state index in [4.69, 9.17) is 15.3 Å². The van der Waals surface area contributed by atoms with Gasteiger partial charge in [-0.2, -0.15) is 0 Å². The van der Waals surface area contributed by atoms with Gasteiger partial charge in [-0.15, -0.1) is 0 Å². The van der Waals surface area contributed by atoms with Crippen LogP contribution in [0.25, 0.3) is 0 Å². The van der Waals surface area contributed by atoms with E-state index in [9.17, 15) is 4.79 Å². The minimum absolute atomic E-state index is 0.156. The van der Waals surface area contributed by atoms with Gasteiger partial charge in [0.15, 0.2) is 0 Å². The van der Waals surface area contributed by atoms with Gasteiger partial charge in [0, 0.05) is 12.3 Å². The third-order valence-corrected chi connectivity index (χ3v) is 2.56. The van der Waals surface area contributed by atoms with Crippen LogP contribution in [0.5, 0.6) is 0 Å². The highest BCUT2D eigenvalue weighted by Crippen LogP contribution is 2.18. The number of hydrogen-bond acceptors (Lipinski definition) is 5. The molecule has 0 rings (SSSR count). The quantitative estimate of drug-likeness (QED) is 0.457.